The Balaban J connectivity index is 2.16. The lowest BCUT2D eigenvalue weighted by Gasteiger charge is -2.29. The number of likely N-dealkylation sites (tertiary alicyclic amines) is 1. The molecule has 2 amide bonds. The van der Waals surface area contributed by atoms with Crippen molar-refractivity contribution >= 4 is 34.4 Å². The van der Waals surface area contributed by atoms with Crippen LogP contribution in [0.25, 0.3) is 11.0 Å². The van der Waals surface area contributed by atoms with E-state index in [1.807, 2.05) is 0 Å². The van der Waals surface area contributed by atoms with Gasteiger partial charge in [0.2, 0.25) is 5.91 Å². The Kier molecular flexibility index (Phi) is 3.41. The van der Waals surface area contributed by atoms with Gasteiger partial charge in [-0.3, -0.25) is 14.5 Å². The van der Waals surface area contributed by atoms with Crippen LogP contribution in [0.1, 0.15) is 24.7 Å². The number of imidazole rings is 1. The largest absolute Gasteiger partial charge is 0.314 e. The van der Waals surface area contributed by atoms with E-state index in [2.05, 4.69) is 4.98 Å². The highest BCUT2D eigenvalue weighted by atomic mass is 35.5. The summed E-state index contributed by atoms with van der Waals surface area (Å²) >= 11 is 5.91. The Morgan fingerprint density at radius 1 is 1.43 bits per heavy atom. The summed E-state index contributed by atoms with van der Waals surface area (Å²) in [6, 6.07) is 3.63. The number of carbonyl (C=O) groups excluding carboxylic acids is 2. The van der Waals surface area contributed by atoms with Crippen molar-refractivity contribution in [2.75, 3.05) is 7.05 Å². The van der Waals surface area contributed by atoms with Crippen LogP contribution in [-0.2, 0) is 15.5 Å². The molecule has 1 aromatic heterocycles. The van der Waals surface area contributed by atoms with Crippen LogP contribution >= 0.6 is 11.6 Å². The quantitative estimate of drug-likeness (QED) is 0.631. The fourth-order valence-corrected chi connectivity index (χ4v) is 2.88. The summed E-state index contributed by atoms with van der Waals surface area (Å²) in [4.78, 5) is 29.4. The molecule has 0 spiro atoms. The van der Waals surface area contributed by atoms with Gasteiger partial charge < -0.3 is 4.57 Å². The van der Waals surface area contributed by atoms with Crippen molar-refractivity contribution in [3.63, 3.8) is 0 Å². The molecular formula is C14H13ClFN3O2. The molecule has 7 heteroatoms. The Hall–Kier alpha value is -1.95. The van der Waals surface area contributed by atoms with E-state index in [1.54, 1.807) is 10.6 Å². The van der Waals surface area contributed by atoms with Gasteiger partial charge >= 0.3 is 0 Å². The highest BCUT2D eigenvalue weighted by Gasteiger charge is 2.35. The van der Waals surface area contributed by atoms with E-state index in [4.69, 9.17) is 11.6 Å². The van der Waals surface area contributed by atoms with Gasteiger partial charge in [-0.2, -0.15) is 0 Å². The first-order valence-corrected chi connectivity index (χ1v) is 7.09. The topological polar surface area (TPSA) is 55.2 Å². The molecule has 1 atom stereocenters. The highest BCUT2D eigenvalue weighted by molar-refractivity contribution is 6.17. The number of rotatable bonds is 2. The van der Waals surface area contributed by atoms with Crippen LogP contribution < -0.4 is 0 Å². The van der Waals surface area contributed by atoms with Gasteiger partial charge in [-0.25, -0.2) is 9.37 Å². The molecular weight excluding hydrogens is 297 g/mol. The smallest absolute Gasteiger partial charge is 0.252 e. The number of piperidine rings is 1. The number of fused-ring (bicyclic) bond motifs is 1. The third-order valence-corrected chi connectivity index (χ3v) is 4.02. The molecule has 2 aromatic rings. The lowest BCUT2D eigenvalue weighted by molar-refractivity contribution is -0.149. The van der Waals surface area contributed by atoms with Crippen molar-refractivity contribution in [2.45, 2.75) is 24.8 Å². The Morgan fingerprint density at radius 2 is 2.19 bits per heavy atom. The second-order valence-corrected chi connectivity index (χ2v) is 5.28. The molecule has 1 fully saturated rings. The van der Waals surface area contributed by atoms with Crippen LogP contribution in [-0.4, -0.2) is 33.3 Å². The van der Waals surface area contributed by atoms with Crippen molar-refractivity contribution in [1.82, 2.24) is 14.5 Å². The van der Waals surface area contributed by atoms with Crippen LogP contribution in [0, 0.1) is 5.82 Å². The first kappa shape index (κ1) is 14.0. The van der Waals surface area contributed by atoms with Crippen molar-refractivity contribution < 1.29 is 14.0 Å². The van der Waals surface area contributed by atoms with E-state index >= 15 is 0 Å². The predicted octanol–water partition coefficient (Wildman–Crippen LogP) is 2.23. The van der Waals surface area contributed by atoms with E-state index < -0.39 is 11.9 Å². The molecule has 3 rings (SSSR count). The summed E-state index contributed by atoms with van der Waals surface area (Å²) in [5, 5.41) is 0. The zero-order valence-electron chi connectivity index (χ0n) is 11.3. The number of amides is 2. The van der Waals surface area contributed by atoms with Crippen molar-refractivity contribution in [3.05, 3.63) is 29.8 Å². The molecule has 1 unspecified atom stereocenters. The summed E-state index contributed by atoms with van der Waals surface area (Å²) in [6.45, 7) is 0. The maximum Gasteiger partial charge on any atom is 0.252 e. The van der Waals surface area contributed by atoms with E-state index in [9.17, 15) is 14.0 Å². The van der Waals surface area contributed by atoms with E-state index in [-0.39, 0.29) is 24.1 Å². The molecule has 1 aliphatic heterocycles. The van der Waals surface area contributed by atoms with Gasteiger partial charge in [-0.15, -0.1) is 11.6 Å². The number of nitrogens with zero attached hydrogens (tertiary/aromatic N) is 3. The van der Waals surface area contributed by atoms with Gasteiger partial charge in [-0.1, -0.05) is 0 Å². The third-order valence-electron chi connectivity index (χ3n) is 3.78. The number of aromatic nitrogens is 2. The summed E-state index contributed by atoms with van der Waals surface area (Å²) in [5.74, 6) is -0.325. The van der Waals surface area contributed by atoms with Gasteiger partial charge in [-0.05, 0) is 24.6 Å². The third kappa shape index (κ3) is 2.19. The van der Waals surface area contributed by atoms with Gasteiger partial charge in [0.15, 0.2) is 0 Å². The lowest BCUT2D eigenvalue weighted by Crippen LogP contribution is -2.43. The molecule has 1 aliphatic rings. The molecule has 0 N–H and O–H groups in total. The zero-order chi connectivity index (χ0) is 15.1. The number of imide groups is 1. The minimum atomic E-state index is -0.576. The van der Waals surface area contributed by atoms with Crippen LogP contribution in [0.2, 0.25) is 0 Å². The SMILES string of the molecule is CN1C(=O)CCC(n2c(CCl)nc3ccc(F)cc32)C1=O. The van der Waals surface area contributed by atoms with Gasteiger partial charge in [0.1, 0.15) is 17.7 Å². The minimum Gasteiger partial charge on any atom is -0.314 e. The van der Waals surface area contributed by atoms with Crippen molar-refractivity contribution in [3.8, 4) is 0 Å². The number of hydrogen-bond donors (Lipinski definition) is 0. The predicted molar refractivity (Wildman–Crippen MR) is 75.3 cm³/mol. The molecule has 21 heavy (non-hydrogen) atoms. The number of hydrogen-bond acceptors (Lipinski definition) is 3. The fraction of sp³-hybridized carbons (Fsp3) is 0.357. The summed E-state index contributed by atoms with van der Waals surface area (Å²) in [7, 11) is 1.46. The van der Waals surface area contributed by atoms with E-state index in [1.165, 1.54) is 19.2 Å². The average molecular weight is 310 g/mol. The number of carbonyl (C=O) groups is 2. The van der Waals surface area contributed by atoms with E-state index in [0.717, 1.165) is 4.90 Å². The van der Waals surface area contributed by atoms with Crippen LogP contribution in [0.5, 0.6) is 0 Å². The maximum absolute atomic E-state index is 13.5. The summed E-state index contributed by atoms with van der Waals surface area (Å²) in [5.41, 5.74) is 1.10. The number of benzene rings is 1. The lowest BCUT2D eigenvalue weighted by atomic mass is 10.0. The molecule has 110 valence electrons. The van der Waals surface area contributed by atoms with Gasteiger partial charge in [0, 0.05) is 13.5 Å². The van der Waals surface area contributed by atoms with Gasteiger partial charge in [0.05, 0.1) is 16.9 Å². The monoisotopic (exact) mass is 309 g/mol. The molecule has 0 bridgehead atoms. The van der Waals surface area contributed by atoms with Crippen LogP contribution in [0.3, 0.4) is 0 Å². The van der Waals surface area contributed by atoms with Crippen molar-refractivity contribution in [1.29, 1.82) is 0 Å². The highest BCUT2D eigenvalue weighted by Crippen LogP contribution is 2.30. The molecule has 0 saturated carbocycles. The average Bonchev–Trinajstić information content (AvgIpc) is 2.83. The second-order valence-electron chi connectivity index (χ2n) is 5.01. The van der Waals surface area contributed by atoms with Crippen LogP contribution in [0.4, 0.5) is 4.39 Å². The standard InChI is InChI=1S/C14H13ClFN3O2/c1-18-13(20)5-4-10(14(18)21)19-11-6-8(16)2-3-9(11)17-12(19)7-15/h2-3,6,10H,4-5,7H2,1H3. The Labute approximate surface area is 125 Å². The second kappa shape index (κ2) is 5.11. The van der Waals surface area contributed by atoms with E-state index in [0.29, 0.717) is 23.3 Å². The Bertz CT molecular complexity index is 743. The molecule has 0 aliphatic carbocycles. The molecule has 5 nitrogen and oxygen atoms in total. The number of alkyl halides is 1. The first-order chi connectivity index (χ1) is 10.0. The number of halogens is 2. The van der Waals surface area contributed by atoms with Gasteiger partial charge in [0.25, 0.3) is 5.91 Å². The zero-order valence-corrected chi connectivity index (χ0v) is 12.1. The molecule has 1 aromatic carbocycles. The van der Waals surface area contributed by atoms with Crippen molar-refractivity contribution in [2.24, 2.45) is 0 Å². The normalized spacial score (nSPS) is 19.6. The molecule has 1 saturated heterocycles. The fourth-order valence-electron chi connectivity index (χ4n) is 2.70. The molecule has 2 heterocycles. The number of likely N-dealkylation sites (N-methyl/N-ethyl adjacent to an activating group) is 1. The summed E-state index contributed by atoms with van der Waals surface area (Å²) < 4.78 is 15.2. The first-order valence-electron chi connectivity index (χ1n) is 6.55. The Morgan fingerprint density at radius 3 is 2.90 bits per heavy atom. The molecule has 0 radical (unpaired) electrons. The van der Waals surface area contributed by atoms with Crippen LogP contribution in [0.15, 0.2) is 18.2 Å². The maximum atomic E-state index is 13.5. The minimum absolute atomic E-state index is 0.109. The summed E-state index contributed by atoms with van der Waals surface area (Å²) in [6.07, 6.45) is 0.636.